The van der Waals surface area contributed by atoms with Crippen LogP contribution in [-0.2, 0) is 11.3 Å². The van der Waals surface area contributed by atoms with Crippen LogP contribution < -0.4 is 5.32 Å². The quantitative estimate of drug-likeness (QED) is 0.674. The van der Waals surface area contributed by atoms with Gasteiger partial charge >= 0.3 is 0 Å². The number of nitrogens with zero attached hydrogens (tertiary/aromatic N) is 2. The number of unbranched alkanes of at least 4 members (excludes halogenated alkanes) is 1. The molecule has 1 aromatic heterocycles. The van der Waals surface area contributed by atoms with Gasteiger partial charge in [-0.3, -0.25) is 9.89 Å². The van der Waals surface area contributed by atoms with E-state index in [2.05, 4.69) is 62.1 Å². The van der Waals surface area contributed by atoms with Gasteiger partial charge in [-0.1, -0.05) is 41.0 Å². The summed E-state index contributed by atoms with van der Waals surface area (Å²) in [6, 6.07) is 0. The van der Waals surface area contributed by atoms with Crippen molar-refractivity contribution in [2.24, 2.45) is 17.3 Å². The summed E-state index contributed by atoms with van der Waals surface area (Å²) in [5.74, 6) is 1.16. The van der Waals surface area contributed by atoms with Crippen molar-refractivity contribution in [2.75, 3.05) is 20.1 Å². The Hall–Kier alpha value is -1.36. The highest BCUT2D eigenvalue weighted by atomic mass is 16.1. The molecule has 0 spiro atoms. The standard InChI is InChI=1S/C22H40N4O/c1-7-8-11-26(6)15-18-14-24-25-20(18)17-9-10-22(4,5)19(12-17)21(27)23-13-16(2)3/h14,16-17,19H,7-13,15H2,1-6H3,(H,23,27)(H,24,25)/t17?,19-/m1/s1. The first-order valence-corrected chi connectivity index (χ1v) is 10.7. The Morgan fingerprint density at radius 1 is 1.44 bits per heavy atom. The number of carbonyl (C=O) groups is 1. The van der Waals surface area contributed by atoms with Gasteiger partial charge in [-0.15, -0.1) is 0 Å². The molecular weight excluding hydrogens is 336 g/mol. The molecule has 1 amide bonds. The number of aromatic nitrogens is 2. The molecule has 27 heavy (non-hydrogen) atoms. The molecule has 0 bridgehead atoms. The first-order valence-electron chi connectivity index (χ1n) is 10.7. The molecule has 2 atom stereocenters. The molecular formula is C22H40N4O. The second-order valence-corrected chi connectivity index (χ2v) is 9.55. The molecule has 0 aliphatic heterocycles. The summed E-state index contributed by atoms with van der Waals surface area (Å²) in [5, 5.41) is 10.8. The Morgan fingerprint density at radius 2 is 2.19 bits per heavy atom. The van der Waals surface area contributed by atoms with E-state index in [0.29, 0.717) is 11.8 Å². The lowest BCUT2D eigenvalue weighted by Gasteiger charge is -2.41. The fourth-order valence-corrected chi connectivity index (χ4v) is 4.19. The first-order chi connectivity index (χ1) is 12.7. The van der Waals surface area contributed by atoms with E-state index in [0.717, 1.165) is 38.9 Å². The summed E-state index contributed by atoms with van der Waals surface area (Å²) in [4.78, 5) is 15.2. The van der Waals surface area contributed by atoms with Gasteiger partial charge in [0.15, 0.2) is 0 Å². The van der Waals surface area contributed by atoms with Gasteiger partial charge in [0.1, 0.15) is 0 Å². The van der Waals surface area contributed by atoms with E-state index >= 15 is 0 Å². The molecule has 2 rings (SSSR count). The van der Waals surface area contributed by atoms with E-state index < -0.39 is 0 Å². The highest BCUT2D eigenvalue weighted by Gasteiger charge is 2.41. The monoisotopic (exact) mass is 376 g/mol. The van der Waals surface area contributed by atoms with Crippen molar-refractivity contribution in [3.8, 4) is 0 Å². The molecule has 154 valence electrons. The van der Waals surface area contributed by atoms with Crippen molar-refractivity contribution < 1.29 is 4.79 Å². The minimum atomic E-state index is 0.0513. The van der Waals surface area contributed by atoms with Crippen LogP contribution in [0.3, 0.4) is 0 Å². The summed E-state index contributed by atoms with van der Waals surface area (Å²) in [7, 11) is 2.18. The minimum absolute atomic E-state index is 0.0513. The van der Waals surface area contributed by atoms with E-state index in [1.165, 1.54) is 24.1 Å². The average molecular weight is 377 g/mol. The number of aromatic amines is 1. The smallest absolute Gasteiger partial charge is 0.223 e. The van der Waals surface area contributed by atoms with Crippen molar-refractivity contribution in [1.29, 1.82) is 0 Å². The molecule has 0 radical (unpaired) electrons. The molecule has 1 unspecified atom stereocenters. The summed E-state index contributed by atoms with van der Waals surface area (Å²) >= 11 is 0. The van der Waals surface area contributed by atoms with Gasteiger partial charge < -0.3 is 10.2 Å². The van der Waals surface area contributed by atoms with Crippen molar-refractivity contribution in [3.63, 3.8) is 0 Å². The van der Waals surface area contributed by atoms with Gasteiger partial charge in [-0.25, -0.2) is 0 Å². The molecule has 0 aromatic carbocycles. The van der Waals surface area contributed by atoms with Crippen molar-refractivity contribution >= 4 is 5.91 Å². The fourth-order valence-electron chi connectivity index (χ4n) is 4.19. The first kappa shape index (κ1) is 21.9. The topological polar surface area (TPSA) is 61.0 Å². The number of carbonyl (C=O) groups excluding carboxylic acids is 1. The van der Waals surface area contributed by atoms with Crippen molar-refractivity contribution in [2.45, 2.75) is 79.2 Å². The van der Waals surface area contributed by atoms with Crippen LogP contribution in [0, 0.1) is 17.3 Å². The number of H-pyrrole nitrogens is 1. The van der Waals surface area contributed by atoms with Crippen LogP contribution in [-0.4, -0.2) is 41.1 Å². The minimum Gasteiger partial charge on any atom is -0.356 e. The number of nitrogens with one attached hydrogen (secondary N) is 2. The number of rotatable bonds is 9. The Morgan fingerprint density at radius 3 is 2.85 bits per heavy atom. The largest absolute Gasteiger partial charge is 0.356 e. The van der Waals surface area contributed by atoms with Gasteiger partial charge in [-0.2, -0.15) is 5.10 Å². The maximum absolute atomic E-state index is 12.9. The maximum Gasteiger partial charge on any atom is 0.223 e. The Kier molecular flexibility index (Phi) is 7.90. The molecule has 5 heteroatoms. The van der Waals surface area contributed by atoms with Crippen LogP contribution in [0.15, 0.2) is 6.20 Å². The van der Waals surface area contributed by atoms with E-state index in [9.17, 15) is 4.79 Å². The number of hydrogen-bond acceptors (Lipinski definition) is 3. The SMILES string of the molecule is CCCCN(C)Cc1cn[nH]c1C1CCC(C)(C)[C@@H](C(=O)NCC(C)C)C1. The lowest BCUT2D eigenvalue weighted by atomic mass is 9.64. The summed E-state index contributed by atoms with van der Waals surface area (Å²) in [6.45, 7) is 13.8. The highest BCUT2D eigenvalue weighted by Crippen LogP contribution is 2.47. The normalized spacial score (nSPS) is 22.4. The molecule has 1 aliphatic rings. The molecule has 0 saturated heterocycles. The summed E-state index contributed by atoms with van der Waals surface area (Å²) in [6.07, 6.45) is 7.51. The Labute approximate surface area is 165 Å². The van der Waals surface area contributed by atoms with Gasteiger partial charge in [0.2, 0.25) is 5.91 Å². The molecule has 5 nitrogen and oxygen atoms in total. The third kappa shape index (κ3) is 6.06. The molecule has 1 aromatic rings. The van der Waals surface area contributed by atoms with E-state index in [1.54, 1.807) is 0 Å². The Balaban J connectivity index is 2.07. The predicted octanol–water partition coefficient (Wildman–Crippen LogP) is 4.32. The van der Waals surface area contributed by atoms with E-state index in [1.807, 2.05) is 6.20 Å². The zero-order chi connectivity index (χ0) is 20.0. The van der Waals surface area contributed by atoms with Crippen LogP contribution in [0.2, 0.25) is 0 Å². The van der Waals surface area contributed by atoms with Crippen LogP contribution >= 0.6 is 0 Å². The van der Waals surface area contributed by atoms with Gasteiger partial charge in [0, 0.05) is 36.2 Å². The van der Waals surface area contributed by atoms with Gasteiger partial charge in [0.05, 0.1) is 6.20 Å². The summed E-state index contributed by atoms with van der Waals surface area (Å²) < 4.78 is 0. The zero-order valence-corrected chi connectivity index (χ0v) is 18.3. The maximum atomic E-state index is 12.9. The second kappa shape index (κ2) is 9.72. The molecule has 1 saturated carbocycles. The van der Waals surface area contributed by atoms with Crippen molar-refractivity contribution in [1.82, 2.24) is 20.4 Å². The second-order valence-electron chi connectivity index (χ2n) is 9.55. The number of amides is 1. The van der Waals surface area contributed by atoms with E-state index in [-0.39, 0.29) is 17.2 Å². The highest BCUT2D eigenvalue weighted by molar-refractivity contribution is 5.79. The predicted molar refractivity (Wildman–Crippen MR) is 112 cm³/mol. The molecule has 1 fully saturated rings. The van der Waals surface area contributed by atoms with E-state index in [4.69, 9.17) is 0 Å². The third-order valence-corrected chi connectivity index (χ3v) is 6.09. The molecule has 1 aliphatic carbocycles. The summed E-state index contributed by atoms with van der Waals surface area (Å²) in [5.41, 5.74) is 2.59. The zero-order valence-electron chi connectivity index (χ0n) is 18.3. The van der Waals surface area contributed by atoms with Crippen molar-refractivity contribution in [3.05, 3.63) is 17.5 Å². The third-order valence-electron chi connectivity index (χ3n) is 6.09. The van der Waals surface area contributed by atoms with Crippen LogP contribution in [0.25, 0.3) is 0 Å². The molecule has 1 heterocycles. The lowest BCUT2D eigenvalue weighted by Crippen LogP contribution is -2.43. The number of hydrogen-bond donors (Lipinski definition) is 2. The van der Waals surface area contributed by atoms with Crippen LogP contribution in [0.5, 0.6) is 0 Å². The average Bonchev–Trinajstić information content (AvgIpc) is 3.05. The Bertz CT molecular complexity index is 593. The molecule has 2 N–H and O–H groups in total. The van der Waals surface area contributed by atoms with Crippen LogP contribution in [0.4, 0.5) is 0 Å². The van der Waals surface area contributed by atoms with Gasteiger partial charge in [-0.05, 0) is 50.6 Å². The van der Waals surface area contributed by atoms with Gasteiger partial charge in [0.25, 0.3) is 0 Å². The fraction of sp³-hybridized carbons (Fsp3) is 0.818. The lowest BCUT2D eigenvalue weighted by molar-refractivity contribution is -0.130. The van der Waals surface area contributed by atoms with Crippen LogP contribution in [0.1, 0.15) is 83.9 Å².